The monoisotopic (exact) mass is 448 g/mol. The highest BCUT2D eigenvalue weighted by atomic mass is 15.4. The van der Waals surface area contributed by atoms with Gasteiger partial charge in [-0.2, -0.15) is 0 Å². The lowest BCUT2D eigenvalue weighted by atomic mass is 10.0. The molecule has 2 nitrogen and oxygen atoms in total. The standard InChI is InChI=1S/C30H60N2/c1-4-7-9-11-13-15-17-19-21-23-25-30-31(26-6-3)28-29-32(30)27-24-22-20-18-16-14-12-10-8-5-2/h28-30H,4-27H2,1-3H3. The predicted octanol–water partition coefficient (Wildman–Crippen LogP) is 10.0. The largest absolute Gasteiger partial charge is 0.356 e. The van der Waals surface area contributed by atoms with Crippen LogP contribution in [0.15, 0.2) is 12.4 Å². The van der Waals surface area contributed by atoms with Crippen LogP contribution in [0.3, 0.4) is 0 Å². The summed E-state index contributed by atoms with van der Waals surface area (Å²) in [7, 11) is 0. The molecule has 0 amide bonds. The molecule has 0 saturated heterocycles. The molecule has 0 aromatic heterocycles. The third kappa shape index (κ3) is 15.2. The van der Waals surface area contributed by atoms with Gasteiger partial charge in [0, 0.05) is 25.5 Å². The van der Waals surface area contributed by atoms with Crippen LogP contribution >= 0.6 is 0 Å². The molecule has 0 spiro atoms. The summed E-state index contributed by atoms with van der Waals surface area (Å²) in [4.78, 5) is 5.28. The molecule has 0 N–H and O–H groups in total. The minimum atomic E-state index is 0.641. The lowest BCUT2D eigenvalue weighted by molar-refractivity contribution is 0.137. The average Bonchev–Trinajstić information content (AvgIpc) is 3.18. The summed E-state index contributed by atoms with van der Waals surface area (Å²) in [6, 6.07) is 0. The Bertz CT molecular complexity index is 406. The van der Waals surface area contributed by atoms with E-state index in [1.165, 1.54) is 154 Å². The molecule has 0 aromatic carbocycles. The molecular weight excluding hydrogens is 388 g/mol. The molecule has 1 atom stereocenters. The summed E-state index contributed by atoms with van der Waals surface area (Å²) >= 11 is 0. The zero-order valence-electron chi connectivity index (χ0n) is 22.6. The lowest BCUT2D eigenvalue weighted by Gasteiger charge is -2.33. The second kappa shape index (κ2) is 22.1. The van der Waals surface area contributed by atoms with E-state index < -0.39 is 0 Å². The van der Waals surface area contributed by atoms with Gasteiger partial charge in [-0.3, -0.25) is 0 Å². The molecule has 1 rings (SSSR count). The highest BCUT2D eigenvalue weighted by Gasteiger charge is 2.24. The van der Waals surface area contributed by atoms with Crippen LogP contribution in [0.4, 0.5) is 0 Å². The highest BCUT2D eigenvalue weighted by molar-refractivity contribution is 4.96. The third-order valence-electron chi connectivity index (χ3n) is 7.28. The van der Waals surface area contributed by atoms with E-state index in [-0.39, 0.29) is 0 Å². The average molecular weight is 449 g/mol. The molecule has 1 aliphatic heterocycles. The lowest BCUT2D eigenvalue weighted by Crippen LogP contribution is -2.39. The van der Waals surface area contributed by atoms with Gasteiger partial charge < -0.3 is 9.80 Å². The number of nitrogens with zero attached hydrogens (tertiary/aromatic N) is 2. The first-order valence-electron chi connectivity index (χ1n) is 15.0. The molecule has 0 radical (unpaired) electrons. The van der Waals surface area contributed by atoms with Gasteiger partial charge in [0.25, 0.3) is 0 Å². The van der Waals surface area contributed by atoms with E-state index in [1.807, 2.05) is 0 Å². The fourth-order valence-corrected chi connectivity index (χ4v) is 5.19. The number of unbranched alkanes of at least 4 members (excludes halogenated alkanes) is 18. The van der Waals surface area contributed by atoms with Gasteiger partial charge in [0.2, 0.25) is 0 Å². The molecule has 32 heavy (non-hydrogen) atoms. The molecule has 190 valence electrons. The van der Waals surface area contributed by atoms with Gasteiger partial charge in [0.05, 0.1) is 0 Å². The topological polar surface area (TPSA) is 6.48 Å². The molecule has 0 fully saturated rings. The van der Waals surface area contributed by atoms with E-state index in [1.54, 1.807) is 0 Å². The second-order valence-electron chi connectivity index (χ2n) is 10.4. The van der Waals surface area contributed by atoms with Crippen molar-refractivity contribution < 1.29 is 0 Å². The maximum absolute atomic E-state index is 2.66. The number of hydrogen-bond donors (Lipinski definition) is 0. The van der Waals surface area contributed by atoms with Crippen LogP contribution in [0, 0.1) is 0 Å². The van der Waals surface area contributed by atoms with Crippen molar-refractivity contribution in [3.05, 3.63) is 12.4 Å². The van der Waals surface area contributed by atoms with Gasteiger partial charge in [-0.1, -0.05) is 136 Å². The van der Waals surface area contributed by atoms with Crippen LogP contribution in [-0.4, -0.2) is 29.1 Å². The fraction of sp³-hybridized carbons (Fsp3) is 0.933. The van der Waals surface area contributed by atoms with Crippen molar-refractivity contribution in [3.63, 3.8) is 0 Å². The third-order valence-corrected chi connectivity index (χ3v) is 7.28. The van der Waals surface area contributed by atoms with E-state index in [4.69, 9.17) is 0 Å². The van der Waals surface area contributed by atoms with Crippen LogP contribution in [0.5, 0.6) is 0 Å². The maximum atomic E-state index is 2.66. The van der Waals surface area contributed by atoms with Crippen molar-refractivity contribution in [1.82, 2.24) is 9.80 Å². The van der Waals surface area contributed by atoms with Gasteiger partial charge in [0.15, 0.2) is 0 Å². The molecule has 0 saturated carbocycles. The van der Waals surface area contributed by atoms with Gasteiger partial charge >= 0.3 is 0 Å². The van der Waals surface area contributed by atoms with E-state index in [0.29, 0.717) is 6.17 Å². The van der Waals surface area contributed by atoms with Crippen LogP contribution in [-0.2, 0) is 0 Å². The summed E-state index contributed by atoms with van der Waals surface area (Å²) in [6.07, 6.45) is 36.7. The van der Waals surface area contributed by atoms with Crippen LogP contribution in [0.2, 0.25) is 0 Å². The minimum absolute atomic E-state index is 0.641. The summed E-state index contributed by atoms with van der Waals surface area (Å²) < 4.78 is 0. The molecule has 1 heterocycles. The van der Waals surface area contributed by atoms with Gasteiger partial charge in [0.1, 0.15) is 6.17 Å². The fourth-order valence-electron chi connectivity index (χ4n) is 5.19. The first-order valence-corrected chi connectivity index (χ1v) is 15.0. The smallest absolute Gasteiger partial charge is 0.101 e. The normalized spacial score (nSPS) is 15.9. The summed E-state index contributed by atoms with van der Waals surface area (Å²) in [5, 5.41) is 0. The van der Waals surface area contributed by atoms with Crippen molar-refractivity contribution in [2.75, 3.05) is 13.1 Å². The van der Waals surface area contributed by atoms with Crippen molar-refractivity contribution >= 4 is 0 Å². The van der Waals surface area contributed by atoms with Crippen molar-refractivity contribution in [2.45, 2.75) is 168 Å². The van der Waals surface area contributed by atoms with Gasteiger partial charge in [-0.15, -0.1) is 0 Å². The molecule has 0 aromatic rings. The first-order chi connectivity index (χ1) is 15.8. The molecular formula is C30H60N2. The predicted molar refractivity (Wildman–Crippen MR) is 145 cm³/mol. The summed E-state index contributed by atoms with van der Waals surface area (Å²) in [5.74, 6) is 0. The van der Waals surface area contributed by atoms with Crippen LogP contribution < -0.4 is 0 Å². The number of hydrogen-bond acceptors (Lipinski definition) is 2. The summed E-state index contributed by atoms with van der Waals surface area (Å²) in [5.41, 5.74) is 0. The Balaban J connectivity index is 2.09. The Hall–Kier alpha value is -0.660. The van der Waals surface area contributed by atoms with E-state index in [9.17, 15) is 0 Å². The van der Waals surface area contributed by atoms with E-state index >= 15 is 0 Å². The molecule has 0 bridgehead atoms. The highest BCUT2D eigenvalue weighted by Crippen LogP contribution is 2.23. The zero-order valence-corrected chi connectivity index (χ0v) is 22.6. The maximum Gasteiger partial charge on any atom is 0.101 e. The van der Waals surface area contributed by atoms with Crippen LogP contribution in [0.1, 0.15) is 162 Å². The molecule has 1 aliphatic rings. The van der Waals surface area contributed by atoms with Crippen molar-refractivity contribution in [3.8, 4) is 0 Å². The van der Waals surface area contributed by atoms with E-state index in [0.717, 1.165) is 0 Å². The minimum Gasteiger partial charge on any atom is -0.356 e. The first kappa shape index (κ1) is 29.4. The Kier molecular flexibility index (Phi) is 20.3. The molecule has 0 aliphatic carbocycles. The summed E-state index contributed by atoms with van der Waals surface area (Å²) in [6.45, 7) is 9.40. The Labute approximate surface area is 203 Å². The van der Waals surface area contributed by atoms with Crippen molar-refractivity contribution in [1.29, 1.82) is 0 Å². The molecule has 1 unspecified atom stereocenters. The van der Waals surface area contributed by atoms with Crippen LogP contribution in [0.25, 0.3) is 0 Å². The quantitative estimate of drug-likeness (QED) is 0.135. The van der Waals surface area contributed by atoms with Gasteiger partial charge in [-0.05, 0) is 25.7 Å². The van der Waals surface area contributed by atoms with Gasteiger partial charge in [-0.25, -0.2) is 0 Å². The van der Waals surface area contributed by atoms with E-state index in [2.05, 4.69) is 43.0 Å². The second-order valence-corrected chi connectivity index (χ2v) is 10.4. The van der Waals surface area contributed by atoms with Crippen molar-refractivity contribution in [2.24, 2.45) is 0 Å². The molecule has 2 heteroatoms. The Morgan fingerprint density at radius 3 is 1.22 bits per heavy atom. The number of rotatable bonds is 24. The zero-order chi connectivity index (χ0) is 23.1. The Morgan fingerprint density at radius 2 is 0.781 bits per heavy atom. The SMILES string of the molecule is CCCCCCCCCCCCC1N(CCC)C=CN1CCCCCCCCCCCC. The Morgan fingerprint density at radius 1 is 0.406 bits per heavy atom.